The summed E-state index contributed by atoms with van der Waals surface area (Å²) in [6, 6.07) is 14.9. The molecule has 0 saturated carbocycles. The first-order valence-corrected chi connectivity index (χ1v) is 8.49. The Morgan fingerprint density at radius 3 is 2.21 bits per heavy atom. The lowest BCUT2D eigenvalue weighted by Crippen LogP contribution is -2.46. The average molecular weight is 326 g/mol. The molecule has 0 spiro atoms. The molecule has 0 amide bonds. The molecule has 0 N–H and O–H groups in total. The quantitative estimate of drug-likeness (QED) is 0.814. The van der Waals surface area contributed by atoms with Crippen molar-refractivity contribution < 1.29 is 4.74 Å². The number of rotatable bonds is 6. The van der Waals surface area contributed by atoms with Gasteiger partial charge in [-0.3, -0.25) is 0 Å². The van der Waals surface area contributed by atoms with Crippen molar-refractivity contribution in [2.75, 3.05) is 68.2 Å². The number of aromatic nitrogens is 1. The van der Waals surface area contributed by atoms with E-state index in [1.165, 1.54) is 11.4 Å². The summed E-state index contributed by atoms with van der Waals surface area (Å²) in [5, 5.41) is 0. The molecule has 1 aromatic carbocycles. The van der Waals surface area contributed by atoms with Gasteiger partial charge in [0.1, 0.15) is 5.82 Å². The van der Waals surface area contributed by atoms with E-state index < -0.39 is 0 Å². The zero-order valence-electron chi connectivity index (χ0n) is 14.6. The van der Waals surface area contributed by atoms with Crippen LogP contribution in [0.1, 0.15) is 0 Å². The third-order valence-electron chi connectivity index (χ3n) is 4.52. The molecular weight excluding hydrogens is 300 g/mol. The number of likely N-dealkylation sites (N-methyl/N-ethyl adjacent to an activating group) is 1. The van der Waals surface area contributed by atoms with Crippen LogP contribution in [-0.4, -0.2) is 58.5 Å². The SMILES string of the molecule is COCCN(C)c1ccc(N2CCN(c3ccccc3)CC2)cn1. The maximum Gasteiger partial charge on any atom is 0.128 e. The molecule has 128 valence electrons. The lowest BCUT2D eigenvalue weighted by molar-refractivity contribution is 0.206. The van der Waals surface area contributed by atoms with Crippen LogP contribution in [0, 0.1) is 0 Å². The number of piperazine rings is 1. The Labute approximate surface area is 144 Å². The van der Waals surface area contributed by atoms with Crippen molar-refractivity contribution >= 4 is 17.2 Å². The molecule has 0 unspecified atom stereocenters. The summed E-state index contributed by atoms with van der Waals surface area (Å²) in [5.41, 5.74) is 2.51. The van der Waals surface area contributed by atoms with Gasteiger partial charge in [0.2, 0.25) is 0 Å². The maximum atomic E-state index is 5.12. The third-order valence-corrected chi connectivity index (χ3v) is 4.52. The number of para-hydroxylation sites is 1. The second kappa shape index (κ2) is 8.02. The molecule has 0 aliphatic carbocycles. The molecule has 0 radical (unpaired) electrons. The third kappa shape index (κ3) is 3.97. The number of hydrogen-bond acceptors (Lipinski definition) is 5. The topological polar surface area (TPSA) is 31.8 Å². The van der Waals surface area contributed by atoms with Crippen molar-refractivity contribution in [3.63, 3.8) is 0 Å². The molecule has 1 aromatic heterocycles. The summed E-state index contributed by atoms with van der Waals surface area (Å²) in [6.07, 6.45) is 1.98. The van der Waals surface area contributed by atoms with Gasteiger partial charge in [-0.2, -0.15) is 0 Å². The molecular formula is C19H26N4O. The van der Waals surface area contributed by atoms with Crippen LogP contribution >= 0.6 is 0 Å². The highest BCUT2D eigenvalue weighted by Gasteiger charge is 2.17. The first-order chi connectivity index (χ1) is 11.8. The molecule has 1 fully saturated rings. The molecule has 1 saturated heterocycles. The Kier molecular flexibility index (Phi) is 5.54. The van der Waals surface area contributed by atoms with Crippen LogP contribution in [0.4, 0.5) is 17.2 Å². The van der Waals surface area contributed by atoms with Gasteiger partial charge in [-0.05, 0) is 24.3 Å². The summed E-state index contributed by atoms with van der Waals surface area (Å²) < 4.78 is 5.12. The van der Waals surface area contributed by atoms with E-state index in [9.17, 15) is 0 Å². The highest BCUT2D eigenvalue weighted by Crippen LogP contribution is 2.21. The number of pyridine rings is 1. The number of hydrogen-bond donors (Lipinski definition) is 0. The predicted octanol–water partition coefficient (Wildman–Crippen LogP) is 2.49. The fourth-order valence-corrected chi connectivity index (χ4v) is 3.00. The minimum atomic E-state index is 0.710. The van der Waals surface area contributed by atoms with E-state index in [0.29, 0.717) is 6.61 Å². The summed E-state index contributed by atoms with van der Waals surface area (Å²) in [6.45, 7) is 5.68. The summed E-state index contributed by atoms with van der Waals surface area (Å²) >= 11 is 0. The van der Waals surface area contributed by atoms with Crippen LogP contribution in [0.3, 0.4) is 0 Å². The fraction of sp³-hybridized carbons (Fsp3) is 0.421. The summed E-state index contributed by atoms with van der Waals surface area (Å²) in [4.78, 5) is 11.6. The second-order valence-electron chi connectivity index (χ2n) is 6.10. The van der Waals surface area contributed by atoms with Crippen molar-refractivity contribution in [1.82, 2.24) is 4.98 Å². The zero-order chi connectivity index (χ0) is 16.8. The molecule has 1 aliphatic heterocycles. The van der Waals surface area contributed by atoms with Gasteiger partial charge in [0, 0.05) is 52.6 Å². The van der Waals surface area contributed by atoms with Crippen LogP contribution in [0.15, 0.2) is 48.7 Å². The van der Waals surface area contributed by atoms with Gasteiger partial charge in [-0.25, -0.2) is 4.98 Å². The van der Waals surface area contributed by atoms with E-state index in [1.54, 1.807) is 7.11 Å². The van der Waals surface area contributed by atoms with E-state index in [0.717, 1.165) is 38.5 Å². The van der Waals surface area contributed by atoms with Crippen LogP contribution in [0.2, 0.25) is 0 Å². The van der Waals surface area contributed by atoms with Crippen LogP contribution < -0.4 is 14.7 Å². The van der Waals surface area contributed by atoms with Crippen LogP contribution in [-0.2, 0) is 4.74 Å². The maximum absolute atomic E-state index is 5.12. The lowest BCUT2D eigenvalue weighted by atomic mass is 10.2. The highest BCUT2D eigenvalue weighted by molar-refractivity contribution is 5.53. The molecule has 5 heteroatoms. The Morgan fingerprint density at radius 2 is 1.62 bits per heavy atom. The lowest BCUT2D eigenvalue weighted by Gasteiger charge is -2.37. The highest BCUT2D eigenvalue weighted by atomic mass is 16.5. The first kappa shape index (κ1) is 16.6. The molecule has 5 nitrogen and oxygen atoms in total. The second-order valence-corrected chi connectivity index (χ2v) is 6.10. The van der Waals surface area contributed by atoms with Gasteiger partial charge in [-0.15, -0.1) is 0 Å². The number of nitrogens with zero attached hydrogens (tertiary/aromatic N) is 4. The summed E-state index contributed by atoms with van der Waals surface area (Å²) in [5.74, 6) is 0.985. The van der Waals surface area contributed by atoms with Crippen molar-refractivity contribution in [3.8, 4) is 0 Å². The monoisotopic (exact) mass is 326 g/mol. The Bertz CT molecular complexity index is 609. The predicted molar refractivity (Wildman–Crippen MR) is 100 cm³/mol. The standard InChI is InChI=1S/C19H26N4O/c1-21(14-15-24-2)19-9-8-18(16-20-19)23-12-10-22(11-13-23)17-6-4-3-5-7-17/h3-9,16H,10-15H2,1-2H3. The van der Waals surface area contributed by atoms with E-state index in [4.69, 9.17) is 4.74 Å². The van der Waals surface area contributed by atoms with Crippen molar-refractivity contribution in [3.05, 3.63) is 48.7 Å². The minimum Gasteiger partial charge on any atom is -0.383 e. The molecule has 2 aromatic rings. The van der Waals surface area contributed by atoms with E-state index >= 15 is 0 Å². The van der Waals surface area contributed by atoms with Gasteiger partial charge >= 0.3 is 0 Å². The Morgan fingerprint density at radius 1 is 0.958 bits per heavy atom. The Hall–Kier alpha value is -2.27. The van der Waals surface area contributed by atoms with Crippen LogP contribution in [0.25, 0.3) is 0 Å². The van der Waals surface area contributed by atoms with Crippen molar-refractivity contribution in [2.24, 2.45) is 0 Å². The number of ether oxygens (including phenoxy) is 1. The van der Waals surface area contributed by atoms with Gasteiger partial charge in [-0.1, -0.05) is 18.2 Å². The van der Waals surface area contributed by atoms with E-state index in [2.05, 4.69) is 62.1 Å². The van der Waals surface area contributed by atoms with Crippen molar-refractivity contribution in [1.29, 1.82) is 0 Å². The molecule has 1 aliphatic rings. The zero-order valence-corrected chi connectivity index (χ0v) is 14.6. The van der Waals surface area contributed by atoms with Gasteiger partial charge in [0.15, 0.2) is 0 Å². The van der Waals surface area contributed by atoms with E-state index in [1.807, 2.05) is 13.2 Å². The smallest absolute Gasteiger partial charge is 0.128 e. The number of benzene rings is 1. The fourth-order valence-electron chi connectivity index (χ4n) is 3.00. The summed E-state index contributed by atoms with van der Waals surface area (Å²) in [7, 11) is 3.76. The number of methoxy groups -OCH3 is 1. The van der Waals surface area contributed by atoms with Gasteiger partial charge in [0.05, 0.1) is 18.5 Å². The molecule has 0 bridgehead atoms. The molecule has 3 rings (SSSR count). The normalized spacial score (nSPS) is 14.8. The first-order valence-electron chi connectivity index (χ1n) is 8.49. The van der Waals surface area contributed by atoms with Crippen molar-refractivity contribution in [2.45, 2.75) is 0 Å². The van der Waals surface area contributed by atoms with Gasteiger partial charge in [0.25, 0.3) is 0 Å². The van der Waals surface area contributed by atoms with Crippen LogP contribution in [0.5, 0.6) is 0 Å². The largest absolute Gasteiger partial charge is 0.383 e. The van der Waals surface area contributed by atoms with Gasteiger partial charge < -0.3 is 19.4 Å². The molecule has 2 heterocycles. The molecule has 24 heavy (non-hydrogen) atoms. The minimum absolute atomic E-state index is 0.710. The number of anilines is 3. The van der Waals surface area contributed by atoms with E-state index in [-0.39, 0.29) is 0 Å². The average Bonchev–Trinajstić information content (AvgIpc) is 2.67. The Balaban J connectivity index is 1.56. The molecule has 0 atom stereocenters.